The second kappa shape index (κ2) is 9.54. The van der Waals surface area contributed by atoms with Crippen molar-refractivity contribution in [1.82, 2.24) is 0 Å². The number of carbonyl (C=O) groups is 2. The van der Waals surface area contributed by atoms with E-state index in [-0.39, 0.29) is 18.5 Å². The fourth-order valence-electron chi connectivity index (χ4n) is 2.32. The number of rotatable bonds is 6. The standard InChI is InChI=1S/C20H19N5O3/c1-2-28-18(26)9-7-13-6-8-17(11-15(13)12-21)24-19(27)14-4-3-5-16(10-14)25-20(22)23/h3-11H,2H2,1H3,(H,24,27)(H4,22,23,25)/b9-7+. The van der Waals surface area contributed by atoms with Crippen molar-refractivity contribution in [3.8, 4) is 6.07 Å². The number of anilines is 2. The van der Waals surface area contributed by atoms with Crippen molar-refractivity contribution in [2.75, 3.05) is 17.2 Å². The largest absolute Gasteiger partial charge is 0.463 e. The van der Waals surface area contributed by atoms with E-state index in [1.54, 1.807) is 43.3 Å². The minimum absolute atomic E-state index is 0.234. The Balaban J connectivity index is 2.16. The number of nitriles is 1. The Bertz CT molecular complexity index is 976. The maximum absolute atomic E-state index is 12.4. The highest BCUT2D eigenvalue weighted by Gasteiger charge is 2.09. The van der Waals surface area contributed by atoms with Crippen LogP contribution in [0.2, 0.25) is 0 Å². The molecule has 0 saturated heterocycles. The molecule has 2 rings (SSSR count). The molecular weight excluding hydrogens is 358 g/mol. The first kappa shape index (κ1) is 20.2. The molecular formula is C20H19N5O3. The van der Waals surface area contributed by atoms with Gasteiger partial charge in [-0.2, -0.15) is 5.26 Å². The Morgan fingerprint density at radius 2 is 1.96 bits per heavy atom. The quantitative estimate of drug-likeness (QED) is 0.264. The summed E-state index contributed by atoms with van der Waals surface area (Å²) in [5, 5.41) is 21.9. The zero-order valence-corrected chi connectivity index (χ0v) is 15.2. The van der Waals surface area contributed by atoms with Crippen LogP contribution in [0, 0.1) is 16.7 Å². The number of amides is 1. The van der Waals surface area contributed by atoms with E-state index in [1.165, 1.54) is 18.2 Å². The van der Waals surface area contributed by atoms with E-state index in [0.29, 0.717) is 28.1 Å². The number of nitrogens with zero attached hydrogens (tertiary/aromatic N) is 1. The summed E-state index contributed by atoms with van der Waals surface area (Å²) in [6, 6.07) is 13.3. The Kier molecular flexibility index (Phi) is 6.88. The molecule has 0 saturated carbocycles. The zero-order valence-electron chi connectivity index (χ0n) is 15.2. The highest BCUT2D eigenvalue weighted by atomic mass is 16.5. The second-order valence-corrected chi connectivity index (χ2v) is 5.57. The molecule has 0 aliphatic rings. The van der Waals surface area contributed by atoms with Crippen LogP contribution in [0.3, 0.4) is 0 Å². The van der Waals surface area contributed by atoms with Crippen molar-refractivity contribution in [2.24, 2.45) is 5.73 Å². The van der Waals surface area contributed by atoms with Crippen LogP contribution in [0.25, 0.3) is 6.08 Å². The van der Waals surface area contributed by atoms with E-state index in [2.05, 4.69) is 10.6 Å². The summed E-state index contributed by atoms with van der Waals surface area (Å²) in [7, 11) is 0. The number of nitrogens with two attached hydrogens (primary N) is 1. The monoisotopic (exact) mass is 377 g/mol. The van der Waals surface area contributed by atoms with Crippen molar-refractivity contribution in [3.05, 3.63) is 65.2 Å². The van der Waals surface area contributed by atoms with Gasteiger partial charge < -0.3 is 21.1 Å². The molecule has 0 aromatic heterocycles. The molecule has 2 aromatic rings. The van der Waals surface area contributed by atoms with Crippen LogP contribution >= 0.6 is 0 Å². The number of esters is 1. The SMILES string of the molecule is CCOC(=O)/C=C/c1ccc(NC(=O)c2cccc(NC(=N)N)c2)cc1C#N. The lowest BCUT2D eigenvalue weighted by Gasteiger charge is -2.09. The molecule has 1 amide bonds. The van der Waals surface area contributed by atoms with Gasteiger partial charge in [0, 0.05) is 23.0 Å². The number of guanidine groups is 1. The number of nitrogens with one attached hydrogen (secondary N) is 3. The topological polar surface area (TPSA) is 141 Å². The summed E-state index contributed by atoms with van der Waals surface area (Å²) in [5.74, 6) is -1.11. The molecule has 5 N–H and O–H groups in total. The number of hydrogen-bond acceptors (Lipinski definition) is 5. The molecule has 0 unspecified atom stereocenters. The first-order valence-electron chi connectivity index (χ1n) is 8.34. The van der Waals surface area contributed by atoms with E-state index in [4.69, 9.17) is 15.9 Å². The van der Waals surface area contributed by atoms with Crippen molar-refractivity contribution in [3.63, 3.8) is 0 Å². The van der Waals surface area contributed by atoms with Crippen LogP contribution in [0.1, 0.15) is 28.4 Å². The van der Waals surface area contributed by atoms with E-state index < -0.39 is 5.97 Å². The van der Waals surface area contributed by atoms with E-state index in [9.17, 15) is 14.9 Å². The fraction of sp³-hybridized carbons (Fsp3) is 0.100. The number of carbonyl (C=O) groups excluding carboxylic acids is 2. The van der Waals surface area contributed by atoms with Gasteiger partial charge in [-0.25, -0.2) is 4.79 Å². The first-order valence-corrected chi connectivity index (χ1v) is 8.34. The van der Waals surface area contributed by atoms with E-state index >= 15 is 0 Å². The lowest BCUT2D eigenvalue weighted by atomic mass is 10.1. The van der Waals surface area contributed by atoms with Crippen LogP contribution in [0.5, 0.6) is 0 Å². The van der Waals surface area contributed by atoms with Crippen LogP contribution in [0.15, 0.2) is 48.5 Å². The molecule has 2 aromatic carbocycles. The fourth-order valence-corrected chi connectivity index (χ4v) is 2.32. The molecule has 0 atom stereocenters. The lowest BCUT2D eigenvalue weighted by Crippen LogP contribution is -2.20. The third kappa shape index (κ3) is 5.71. The molecule has 0 heterocycles. The summed E-state index contributed by atoms with van der Waals surface area (Å²) < 4.78 is 4.80. The summed E-state index contributed by atoms with van der Waals surface area (Å²) in [4.78, 5) is 23.8. The van der Waals surface area contributed by atoms with Gasteiger partial charge in [0.25, 0.3) is 5.91 Å². The van der Waals surface area contributed by atoms with Gasteiger partial charge in [0.05, 0.1) is 18.2 Å². The average Bonchev–Trinajstić information content (AvgIpc) is 2.66. The molecule has 0 radical (unpaired) electrons. The molecule has 142 valence electrons. The molecule has 0 aliphatic heterocycles. The predicted octanol–water partition coefficient (Wildman–Crippen LogP) is 2.69. The summed E-state index contributed by atoms with van der Waals surface area (Å²) in [6.45, 7) is 1.97. The van der Waals surface area contributed by atoms with Crippen molar-refractivity contribution in [2.45, 2.75) is 6.92 Å². The van der Waals surface area contributed by atoms with E-state index in [1.807, 2.05) is 6.07 Å². The predicted molar refractivity (Wildman–Crippen MR) is 107 cm³/mol. The summed E-state index contributed by atoms with van der Waals surface area (Å²) in [5.41, 5.74) is 7.41. The van der Waals surface area contributed by atoms with Crippen LogP contribution in [0.4, 0.5) is 11.4 Å². The Morgan fingerprint density at radius 3 is 2.64 bits per heavy atom. The number of hydrogen-bond donors (Lipinski definition) is 4. The smallest absolute Gasteiger partial charge is 0.330 e. The van der Waals surface area contributed by atoms with Gasteiger partial charge in [0.15, 0.2) is 5.96 Å². The lowest BCUT2D eigenvalue weighted by molar-refractivity contribution is -0.137. The molecule has 0 spiro atoms. The molecule has 0 aliphatic carbocycles. The second-order valence-electron chi connectivity index (χ2n) is 5.57. The average molecular weight is 377 g/mol. The number of ether oxygens (including phenoxy) is 1. The highest BCUT2D eigenvalue weighted by Crippen LogP contribution is 2.18. The van der Waals surface area contributed by atoms with Gasteiger partial charge in [-0.15, -0.1) is 0 Å². The molecule has 0 bridgehead atoms. The Labute approximate surface area is 162 Å². The summed E-state index contributed by atoms with van der Waals surface area (Å²) >= 11 is 0. The third-order valence-electron chi connectivity index (χ3n) is 3.52. The van der Waals surface area contributed by atoms with Gasteiger partial charge >= 0.3 is 5.97 Å². The molecule has 0 fully saturated rings. The first-order chi connectivity index (χ1) is 13.4. The number of benzene rings is 2. The van der Waals surface area contributed by atoms with Crippen molar-refractivity contribution >= 4 is 35.3 Å². The van der Waals surface area contributed by atoms with Crippen LogP contribution in [-0.2, 0) is 9.53 Å². The Hall–Kier alpha value is -4.12. The maximum Gasteiger partial charge on any atom is 0.330 e. The zero-order chi connectivity index (χ0) is 20.5. The van der Waals surface area contributed by atoms with Crippen molar-refractivity contribution < 1.29 is 14.3 Å². The van der Waals surface area contributed by atoms with Gasteiger partial charge in [0.1, 0.15) is 0 Å². The molecule has 28 heavy (non-hydrogen) atoms. The van der Waals surface area contributed by atoms with Crippen LogP contribution in [-0.4, -0.2) is 24.4 Å². The third-order valence-corrected chi connectivity index (χ3v) is 3.52. The Morgan fingerprint density at radius 1 is 1.21 bits per heavy atom. The van der Waals surface area contributed by atoms with Crippen molar-refractivity contribution in [1.29, 1.82) is 10.7 Å². The molecule has 8 nitrogen and oxygen atoms in total. The molecule has 8 heteroatoms. The highest BCUT2D eigenvalue weighted by molar-refractivity contribution is 6.05. The minimum atomic E-state index is -0.497. The van der Waals surface area contributed by atoms with Gasteiger partial charge in [-0.05, 0) is 48.9 Å². The van der Waals surface area contributed by atoms with Gasteiger partial charge in [-0.1, -0.05) is 12.1 Å². The maximum atomic E-state index is 12.4. The summed E-state index contributed by atoms with van der Waals surface area (Å²) in [6.07, 6.45) is 2.73. The van der Waals surface area contributed by atoms with Gasteiger partial charge in [0.2, 0.25) is 0 Å². The van der Waals surface area contributed by atoms with E-state index in [0.717, 1.165) is 0 Å². The van der Waals surface area contributed by atoms with Crippen LogP contribution < -0.4 is 16.4 Å². The normalized spacial score (nSPS) is 10.1. The van der Waals surface area contributed by atoms with Gasteiger partial charge in [-0.3, -0.25) is 10.2 Å². The minimum Gasteiger partial charge on any atom is -0.463 e.